The van der Waals surface area contributed by atoms with E-state index in [0.717, 1.165) is 15.2 Å². The molecule has 94 valence electrons. The lowest BCUT2D eigenvalue weighted by Gasteiger charge is -2.06. The fraction of sp³-hybridized carbons (Fsp3) is 0. The molecule has 0 bridgehead atoms. The number of hydrogen-bond donors (Lipinski definition) is 0. The van der Waals surface area contributed by atoms with Crippen LogP contribution in [0.3, 0.4) is 0 Å². The van der Waals surface area contributed by atoms with Gasteiger partial charge in [-0.25, -0.2) is 0 Å². The SMILES string of the molecule is O=C(c1ccc(Cl)s1)c1ccc(Br)c2ccccc12. The predicted molar refractivity (Wildman–Crippen MR) is 84.4 cm³/mol. The van der Waals surface area contributed by atoms with E-state index in [4.69, 9.17) is 11.6 Å². The smallest absolute Gasteiger partial charge is 0.203 e. The zero-order chi connectivity index (χ0) is 13.4. The zero-order valence-corrected chi connectivity index (χ0v) is 12.8. The molecule has 1 aromatic heterocycles. The summed E-state index contributed by atoms with van der Waals surface area (Å²) in [5.41, 5.74) is 0.706. The van der Waals surface area contributed by atoms with Crippen LogP contribution in [0.25, 0.3) is 10.8 Å². The van der Waals surface area contributed by atoms with Crippen molar-refractivity contribution in [2.45, 2.75) is 0 Å². The summed E-state index contributed by atoms with van der Waals surface area (Å²) in [4.78, 5) is 13.2. The predicted octanol–water partition coefficient (Wildman–Crippen LogP) is 5.55. The number of thiophene rings is 1. The average Bonchev–Trinajstić information content (AvgIpc) is 2.86. The van der Waals surface area contributed by atoms with Crippen molar-refractivity contribution >= 4 is 55.4 Å². The third-order valence-corrected chi connectivity index (χ3v) is 4.83. The van der Waals surface area contributed by atoms with Crippen LogP contribution in [0.2, 0.25) is 4.34 Å². The summed E-state index contributed by atoms with van der Waals surface area (Å²) < 4.78 is 1.62. The molecule has 0 N–H and O–H groups in total. The number of halogens is 2. The van der Waals surface area contributed by atoms with E-state index in [1.807, 2.05) is 36.4 Å². The van der Waals surface area contributed by atoms with Crippen LogP contribution in [-0.2, 0) is 0 Å². The maximum absolute atomic E-state index is 12.5. The monoisotopic (exact) mass is 350 g/mol. The highest BCUT2D eigenvalue weighted by atomic mass is 79.9. The van der Waals surface area contributed by atoms with Crippen molar-refractivity contribution < 1.29 is 4.79 Å². The molecule has 3 aromatic rings. The number of carbonyl (C=O) groups excluding carboxylic acids is 1. The number of fused-ring (bicyclic) bond motifs is 1. The van der Waals surface area contributed by atoms with Crippen LogP contribution in [0, 0.1) is 0 Å². The first kappa shape index (κ1) is 12.9. The largest absolute Gasteiger partial charge is 0.288 e. The molecular weight excluding hydrogens is 344 g/mol. The fourth-order valence-electron chi connectivity index (χ4n) is 2.03. The Kier molecular flexibility index (Phi) is 3.44. The van der Waals surface area contributed by atoms with Crippen molar-refractivity contribution in [3.63, 3.8) is 0 Å². The molecule has 0 amide bonds. The molecule has 0 aliphatic rings. The molecule has 4 heteroatoms. The minimum Gasteiger partial charge on any atom is -0.288 e. The summed E-state index contributed by atoms with van der Waals surface area (Å²) in [5, 5.41) is 1.99. The van der Waals surface area contributed by atoms with Crippen LogP contribution < -0.4 is 0 Å². The third kappa shape index (κ3) is 2.34. The van der Waals surface area contributed by atoms with Gasteiger partial charge in [0.05, 0.1) is 9.21 Å². The van der Waals surface area contributed by atoms with Gasteiger partial charge in [0.25, 0.3) is 0 Å². The molecule has 0 spiro atoms. The molecular formula is C15H8BrClOS. The number of ketones is 1. The lowest BCUT2D eigenvalue weighted by Crippen LogP contribution is -1.99. The first-order valence-electron chi connectivity index (χ1n) is 5.64. The summed E-state index contributed by atoms with van der Waals surface area (Å²) in [7, 11) is 0. The Morgan fingerprint density at radius 1 is 1.00 bits per heavy atom. The maximum Gasteiger partial charge on any atom is 0.203 e. The second-order valence-electron chi connectivity index (χ2n) is 4.07. The summed E-state index contributed by atoms with van der Waals surface area (Å²) in [6.45, 7) is 0. The Morgan fingerprint density at radius 2 is 1.74 bits per heavy atom. The Balaban J connectivity index is 2.21. The molecule has 0 aliphatic carbocycles. The Bertz CT molecular complexity index is 779. The molecule has 0 unspecified atom stereocenters. The minimum atomic E-state index is 0.0144. The van der Waals surface area contributed by atoms with Crippen molar-refractivity contribution in [1.29, 1.82) is 0 Å². The van der Waals surface area contributed by atoms with Crippen molar-refractivity contribution in [2.75, 3.05) is 0 Å². The number of rotatable bonds is 2. The van der Waals surface area contributed by atoms with E-state index >= 15 is 0 Å². The second-order valence-corrected chi connectivity index (χ2v) is 6.64. The van der Waals surface area contributed by atoms with E-state index < -0.39 is 0 Å². The summed E-state index contributed by atoms with van der Waals surface area (Å²) in [6, 6.07) is 15.1. The van der Waals surface area contributed by atoms with E-state index in [9.17, 15) is 4.79 Å². The van der Waals surface area contributed by atoms with Gasteiger partial charge in [-0.3, -0.25) is 4.79 Å². The van der Waals surface area contributed by atoms with E-state index in [2.05, 4.69) is 15.9 Å². The van der Waals surface area contributed by atoms with Crippen LogP contribution in [0.5, 0.6) is 0 Å². The number of hydrogen-bond acceptors (Lipinski definition) is 2. The topological polar surface area (TPSA) is 17.1 Å². The lowest BCUT2D eigenvalue weighted by atomic mass is 10.0. The standard InChI is InChI=1S/C15H8BrClOS/c16-12-6-5-11(9-3-1-2-4-10(9)12)15(18)13-7-8-14(17)19-13/h1-8H. The molecule has 0 saturated carbocycles. The van der Waals surface area contributed by atoms with Gasteiger partial charge in [-0.05, 0) is 35.0 Å². The van der Waals surface area contributed by atoms with E-state index in [1.165, 1.54) is 11.3 Å². The molecule has 0 radical (unpaired) electrons. The highest BCUT2D eigenvalue weighted by Gasteiger charge is 2.15. The highest BCUT2D eigenvalue weighted by molar-refractivity contribution is 9.10. The van der Waals surface area contributed by atoms with Crippen LogP contribution >= 0.6 is 38.9 Å². The van der Waals surface area contributed by atoms with Crippen LogP contribution in [-0.4, -0.2) is 5.78 Å². The van der Waals surface area contributed by atoms with Gasteiger partial charge in [-0.15, -0.1) is 11.3 Å². The molecule has 0 saturated heterocycles. The lowest BCUT2D eigenvalue weighted by molar-refractivity contribution is 0.104. The fourth-order valence-corrected chi connectivity index (χ4v) is 3.50. The normalized spacial score (nSPS) is 10.8. The molecule has 2 aromatic carbocycles. The van der Waals surface area contributed by atoms with Gasteiger partial charge in [-0.1, -0.05) is 51.8 Å². The van der Waals surface area contributed by atoms with Crippen molar-refractivity contribution in [1.82, 2.24) is 0 Å². The van der Waals surface area contributed by atoms with Crippen LogP contribution in [0.4, 0.5) is 0 Å². The van der Waals surface area contributed by atoms with E-state index in [1.54, 1.807) is 12.1 Å². The molecule has 0 aliphatic heterocycles. The Labute approximate surface area is 128 Å². The van der Waals surface area contributed by atoms with E-state index in [0.29, 0.717) is 14.8 Å². The maximum atomic E-state index is 12.5. The highest BCUT2D eigenvalue weighted by Crippen LogP contribution is 2.30. The average molecular weight is 352 g/mol. The van der Waals surface area contributed by atoms with Crippen molar-refractivity contribution in [2.24, 2.45) is 0 Å². The van der Waals surface area contributed by atoms with Gasteiger partial charge in [0.15, 0.2) is 0 Å². The molecule has 3 rings (SSSR count). The summed E-state index contributed by atoms with van der Waals surface area (Å²) >= 11 is 10.7. The van der Waals surface area contributed by atoms with Gasteiger partial charge in [-0.2, -0.15) is 0 Å². The van der Waals surface area contributed by atoms with Crippen molar-refractivity contribution in [3.05, 3.63) is 67.8 Å². The molecule has 0 atom stereocenters. The first-order chi connectivity index (χ1) is 9.16. The van der Waals surface area contributed by atoms with Gasteiger partial charge in [0, 0.05) is 10.0 Å². The molecule has 1 nitrogen and oxygen atoms in total. The molecule has 0 fully saturated rings. The van der Waals surface area contributed by atoms with Gasteiger partial charge in [0.2, 0.25) is 5.78 Å². The second kappa shape index (κ2) is 5.08. The molecule has 1 heterocycles. The summed E-state index contributed by atoms with van der Waals surface area (Å²) in [6.07, 6.45) is 0. The van der Waals surface area contributed by atoms with Gasteiger partial charge in [0.1, 0.15) is 0 Å². The van der Waals surface area contributed by atoms with Gasteiger partial charge >= 0.3 is 0 Å². The number of benzene rings is 2. The van der Waals surface area contributed by atoms with Crippen molar-refractivity contribution in [3.8, 4) is 0 Å². The van der Waals surface area contributed by atoms with Gasteiger partial charge < -0.3 is 0 Å². The zero-order valence-electron chi connectivity index (χ0n) is 9.69. The molecule has 19 heavy (non-hydrogen) atoms. The van der Waals surface area contributed by atoms with Crippen LogP contribution in [0.15, 0.2) is 53.0 Å². The van der Waals surface area contributed by atoms with E-state index in [-0.39, 0.29) is 5.78 Å². The Hall–Kier alpha value is -1.16. The third-order valence-electron chi connectivity index (χ3n) is 2.91. The quantitative estimate of drug-likeness (QED) is 0.553. The first-order valence-corrected chi connectivity index (χ1v) is 7.63. The summed E-state index contributed by atoms with van der Waals surface area (Å²) in [5.74, 6) is 0.0144. The number of carbonyl (C=O) groups is 1. The minimum absolute atomic E-state index is 0.0144. The Morgan fingerprint density at radius 3 is 2.42 bits per heavy atom. The van der Waals surface area contributed by atoms with Crippen LogP contribution in [0.1, 0.15) is 15.2 Å².